The molecule has 2 aromatic rings. The van der Waals surface area contributed by atoms with Crippen molar-refractivity contribution in [2.45, 2.75) is 32.7 Å². The maximum Gasteiger partial charge on any atom is 0.312 e. The van der Waals surface area contributed by atoms with E-state index in [1.165, 1.54) is 6.07 Å². The van der Waals surface area contributed by atoms with Crippen LogP contribution in [0.4, 0.5) is 8.78 Å². The molecule has 0 aliphatic carbocycles. The number of methoxy groups -OCH3 is 1. The van der Waals surface area contributed by atoms with Crippen LogP contribution in [-0.4, -0.2) is 37.7 Å². The molecule has 156 valence electrons. The van der Waals surface area contributed by atoms with Gasteiger partial charge in [0.1, 0.15) is 5.75 Å². The average Bonchev–Trinajstić information content (AvgIpc) is 2.72. The summed E-state index contributed by atoms with van der Waals surface area (Å²) in [6.45, 7) is 4.05. The van der Waals surface area contributed by atoms with Gasteiger partial charge in [-0.05, 0) is 74.7 Å². The predicted molar refractivity (Wildman–Crippen MR) is 107 cm³/mol. The zero-order valence-electron chi connectivity index (χ0n) is 16.9. The number of hydrogen-bond acceptors (Lipinski definition) is 4. The third kappa shape index (κ3) is 5.12. The maximum absolute atomic E-state index is 13.5. The molecule has 0 amide bonds. The van der Waals surface area contributed by atoms with Gasteiger partial charge in [-0.15, -0.1) is 0 Å². The van der Waals surface area contributed by atoms with E-state index in [4.69, 9.17) is 9.47 Å². The highest BCUT2D eigenvalue weighted by Crippen LogP contribution is 2.37. The lowest BCUT2D eigenvalue weighted by Crippen LogP contribution is -2.46. The molecule has 0 saturated carbocycles. The van der Waals surface area contributed by atoms with E-state index in [-0.39, 0.29) is 5.97 Å². The van der Waals surface area contributed by atoms with Crippen molar-refractivity contribution in [2.75, 3.05) is 26.8 Å². The molecular weight excluding hydrogens is 376 g/mol. The van der Waals surface area contributed by atoms with Gasteiger partial charge in [-0.2, -0.15) is 0 Å². The summed E-state index contributed by atoms with van der Waals surface area (Å²) in [6, 6.07) is 11.7. The van der Waals surface area contributed by atoms with Crippen LogP contribution in [0.3, 0.4) is 0 Å². The quantitative estimate of drug-likeness (QED) is 0.644. The molecule has 0 atom stereocenters. The Bertz CT molecular complexity index is 848. The summed E-state index contributed by atoms with van der Waals surface area (Å²) in [5, 5.41) is 0. The van der Waals surface area contributed by atoms with E-state index >= 15 is 0 Å². The number of hydrogen-bond donors (Lipinski definition) is 0. The van der Waals surface area contributed by atoms with Crippen LogP contribution in [0.2, 0.25) is 0 Å². The molecule has 1 aliphatic rings. The molecule has 0 spiro atoms. The number of likely N-dealkylation sites (tertiary alicyclic amines) is 1. The standard InChI is InChI=1S/C23H27F2NO3/c1-3-29-22(27)23(15-17-5-4-6-19(13-17)28-2)9-11-26(12-10-23)16-18-7-8-20(24)21(25)14-18/h4-8,13-14H,3,9-12,15-16H2,1-2H3. The van der Waals surface area contributed by atoms with Crippen molar-refractivity contribution in [3.05, 3.63) is 65.2 Å². The predicted octanol–water partition coefficient (Wildman–Crippen LogP) is 4.36. The first-order valence-electron chi connectivity index (χ1n) is 9.92. The Morgan fingerprint density at radius 2 is 1.83 bits per heavy atom. The molecule has 3 rings (SSSR count). The highest BCUT2D eigenvalue weighted by molar-refractivity contribution is 5.77. The topological polar surface area (TPSA) is 38.8 Å². The summed E-state index contributed by atoms with van der Waals surface area (Å²) in [5.41, 5.74) is 1.17. The van der Waals surface area contributed by atoms with Crippen molar-refractivity contribution >= 4 is 5.97 Å². The van der Waals surface area contributed by atoms with E-state index in [0.717, 1.165) is 22.9 Å². The largest absolute Gasteiger partial charge is 0.497 e. The molecule has 29 heavy (non-hydrogen) atoms. The molecule has 0 aromatic heterocycles. The molecule has 0 bridgehead atoms. The third-order valence-corrected chi connectivity index (χ3v) is 5.59. The van der Waals surface area contributed by atoms with Crippen LogP contribution < -0.4 is 4.74 Å². The second-order valence-corrected chi connectivity index (χ2v) is 7.55. The highest BCUT2D eigenvalue weighted by atomic mass is 19.2. The number of piperidine rings is 1. The molecule has 0 radical (unpaired) electrons. The highest BCUT2D eigenvalue weighted by Gasteiger charge is 2.42. The van der Waals surface area contributed by atoms with Crippen LogP contribution in [0.5, 0.6) is 5.75 Å². The average molecular weight is 403 g/mol. The first-order valence-corrected chi connectivity index (χ1v) is 9.92. The van der Waals surface area contributed by atoms with Crippen LogP contribution in [0.25, 0.3) is 0 Å². The summed E-state index contributed by atoms with van der Waals surface area (Å²) < 4.78 is 37.4. The number of ether oxygens (including phenoxy) is 2. The van der Waals surface area contributed by atoms with E-state index in [0.29, 0.717) is 45.5 Å². The van der Waals surface area contributed by atoms with Gasteiger partial charge < -0.3 is 9.47 Å². The number of carbonyl (C=O) groups excluding carboxylic acids is 1. The van der Waals surface area contributed by atoms with Crippen molar-refractivity contribution in [3.8, 4) is 5.75 Å². The summed E-state index contributed by atoms with van der Waals surface area (Å²) in [4.78, 5) is 15.0. The van der Waals surface area contributed by atoms with Gasteiger partial charge in [0, 0.05) is 6.54 Å². The number of halogens is 2. The van der Waals surface area contributed by atoms with E-state index in [1.807, 2.05) is 31.2 Å². The number of rotatable bonds is 7. The zero-order chi connectivity index (χ0) is 20.9. The summed E-state index contributed by atoms with van der Waals surface area (Å²) in [5.74, 6) is -1.09. The molecule has 1 saturated heterocycles. The molecule has 1 heterocycles. The number of carbonyl (C=O) groups is 1. The fourth-order valence-electron chi connectivity index (χ4n) is 3.95. The Labute approximate surface area is 170 Å². The van der Waals surface area contributed by atoms with E-state index < -0.39 is 17.0 Å². The Morgan fingerprint density at radius 1 is 1.07 bits per heavy atom. The molecule has 4 nitrogen and oxygen atoms in total. The second kappa shape index (κ2) is 9.35. The van der Waals surface area contributed by atoms with E-state index in [2.05, 4.69) is 4.90 Å². The second-order valence-electron chi connectivity index (χ2n) is 7.55. The van der Waals surface area contributed by atoms with Crippen molar-refractivity contribution in [2.24, 2.45) is 5.41 Å². The monoisotopic (exact) mass is 403 g/mol. The molecule has 2 aromatic carbocycles. The van der Waals surface area contributed by atoms with Gasteiger partial charge in [0.2, 0.25) is 0 Å². The molecule has 1 fully saturated rings. The van der Waals surface area contributed by atoms with Gasteiger partial charge in [-0.1, -0.05) is 18.2 Å². The van der Waals surface area contributed by atoms with Gasteiger partial charge in [0.15, 0.2) is 11.6 Å². The van der Waals surface area contributed by atoms with Crippen molar-refractivity contribution in [1.29, 1.82) is 0 Å². The summed E-state index contributed by atoms with van der Waals surface area (Å²) >= 11 is 0. The van der Waals surface area contributed by atoms with Crippen LogP contribution in [0, 0.1) is 17.0 Å². The minimum atomic E-state index is -0.841. The van der Waals surface area contributed by atoms with Crippen molar-refractivity contribution in [1.82, 2.24) is 4.90 Å². The Hall–Kier alpha value is -2.47. The summed E-state index contributed by atoms with van der Waals surface area (Å²) in [7, 11) is 1.62. The number of benzene rings is 2. The third-order valence-electron chi connectivity index (χ3n) is 5.59. The lowest BCUT2D eigenvalue weighted by atomic mass is 9.73. The molecule has 0 N–H and O–H groups in total. The van der Waals surface area contributed by atoms with E-state index in [9.17, 15) is 13.6 Å². The fourth-order valence-corrected chi connectivity index (χ4v) is 3.95. The van der Waals surface area contributed by atoms with Crippen LogP contribution >= 0.6 is 0 Å². The van der Waals surface area contributed by atoms with Crippen LogP contribution in [0.1, 0.15) is 30.9 Å². The maximum atomic E-state index is 13.5. The lowest BCUT2D eigenvalue weighted by molar-refractivity contribution is -0.158. The Kier molecular flexibility index (Phi) is 6.85. The fraction of sp³-hybridized carbons (Fsp3) is 0.435. The Morgan fingerprint density at radius 3 is 2.48 bits per heavy atom. The zero-order valence-corrected chi connectivity index (χ0v) is 16.9. The van der Waals surface area contributed by atoms with Gasteiger partial charge in [0.05, 0.1) is 19.1 Å². The first kappa shape index (κ1) is 21.2. The van der Waals surface area contributed by atoms with E-state index in [1.54, 1.807) is 13.2 Å². The number of nitrogens with zero attached hydrogens (tertiary/aromatic N) is 1. The van der Waals surface area contributed by atoms with Gasteiger partial charge in [0.25, 0.3) is 0 Å². The van der Waals surface area contributed by atoms with Gasteiger partial charge >= 0.3 is 5.97 Å². The van der Waals surface area contributed by atoms with Crippen LogP contribution in [-0.2, 0) is 22.5 Å². The normalized spacial score (nSPS) is 16.4. The SMILES string of the molecule is CCOC(=O)C1(Cc2cccc(OC)c2)CCN(Cc2ccc(F)c(F)c2)CC1. The molecular formula is C23H27F2NO3. The number of esters is 1. The minimum absolute atomic E-state index is 0.171. The smallest absolute Gasteiger partial charge is 0.312 e. The van der Waals surface area contributed by atoms with Gasteiger partial charge in [-0.3, -0.25) is 9.69 Å². The first-order chi connectivity index (χ1) is 14.0. The van der Waals surface area contributed by atoms with Crippen LogP contribution in [0.15, 0.2) is 42.5 Å². The summed E-state index contributed by atoms with van der Waals surface area (Å²) in [6.07, 6.45) is 1.88. The molecule has 0 unspecified atom stereocenters. The van der Waals surface area contributed by atoms with Gasteiger partial charge in [-0.25, -0.2) is 8.78 Å². The van der Waals surface area contributed by atoms with Crippen molar-refractivity contribution < 1.29 is 23.0 Å². The molecule has 1 aliphatic heterocycles. The molecule has 6 heteroatoms. The lowest BCUT2D eigenvalue weighted by Gasteiger charge is -2.40. The van der Waals surface area contributed by atoms with Crippen molar-refractivity contribution in [3.63, 3.8) is 0 Å². The minimum Gasteiger partial charge on any atom is -0.497 e. The Balaban J connectivity index is 1.72.